The van der Waals surface area contributed by atoms with E-state index in [2.05, 4.69) is 16.5 Å². The van der Waals surface area contributed by atoms with Crippen molar-refractivity contribution in [2.45, 2.75) is 32.3 Å². The quantitative estimate of drug-likeness (QED) is 0.918. The van der Waals surface area contributed by atoms with Crippen molar-refractivity contribution in [1.82, 2.24) is 9.59 Å². The van der Waals surface area contributed by atoms with E-state index < -0.39 is 11.9 Å². The molecule has 1 N–H and O–H groups in total. The number of halogens is 2. The Kier molecular flexibility index (Phi) is 4.85. The van der Waals surface area contributed by atoms with E-state index in [4.69, 9.17) is 11.6 Å². The molecule has 0 spiro atoms. The molecule has 102 valence electrons. The first-order valence-electron chi connectivity index (χ1n) is 6.05. The second-order valence-corrected chi connectivity index (χ2v) is 5.50. The number of aryl methyl sites for hydroxylation is 1. The van der Waals surface area contributed by atoms with Crippen LogP contribution in [0.25, 0.3) is 0 Å². The molecular formula is C13H14ClFN2OS. The molecule has 0 saturated carbocycles. The van der Waals surface area contributed by atoms with Gasteiger partial charge in [0.2, 0.25) is 0 Å². The van der Waals surface area contributed by atoms with Gasteiger partial charge in [-0.05, 0) is 35.6 Å². The molecule has 1 heterocycles. The van der Waals surface area contributed by atoms with E-state index in [1.807, 2.05) is 0 Å². The molecule has 1 unspecified atom stereocenters. The van der Waals surface area contributed by atoms with Crippen LogP contribution in [0.15, 0.2) is 18.2 Å². The van der Waals surface area contributed by atoms with Crippen LogP contribution >= 0.6 is 23.1 Å². The SMILES string of the molecule is CCCc1nnsc1C(O)Cc1ccc(F)c(Cl)c1. The van der Waals surface area contributed by atoms with E-state index in [0.29, 0.717) is 6.42 Å². The van der Waals surface area contributed by atoms with Gasteiger partial charge in [0.25, 0.3) is 0 Å². The minimum Gasteiger partial charge on any atom is -0.387 e. The average Bonchev–Trinajstić information content (AvgIpc) is 2.83. The number of aliphatic hydroxyl groups excluding tert-OH is 1. The first-order chi connectivity index (χ1) is 9.11. The summed E-state index contributed by atoms with van der Waals surface area (Å²) in [6.07, 6.45) is 1.45. The summed E-state index contributed by atoms with van der Waals surface area (Å²) in [7, 11) is 0. The lowest BCUT2D eigenvalue weighted by atomic mass is 10.0. The van der Waals surface area contributed by atoms with Crippen molar-refractivity contribution in [3.05, 3.63) is 45.2 Å². The van der Waals surface area contributed by atoms with Gasteiger partial charge in [0.05, 0.1) is 21.7 Å². The molecule has 0 aliphatic rings. The summed E-state index contributed by atoms with van der Waals surface area (Å²) in [6.45, 7) is 2.05. The normalized spacial score (nSPS) is 12.6. The van der Waals surface area contributed by atoms with Crippen molar-refractivity contribution < 1.29 is 9.50 Å². The number of benzene rings is 1. The summed E-state index contributed by atoms with van der Waals surface area (Å²) in [5.41, 5.74) is 1.63. The topological polar surface area (TPSA) is 46.0 Å². The third-order valence-corrected chi connectivity index (χ3v) is 3.94. The smallest absolute Gasteiger partial charge is 0.141 e. The molecular weight excluding hydrogens is 287 g/mol. The second-order valence-electron chi connectivity index (χ2n) is 4.30. The van der Waals surface area contributed by atoms with Crippen LogP contribution in [0.4, 0.5) is 4.39 Å². The van der Waals surface area contributed by atoms with Gasteiger partial charge in [-0.2, -0.15) is 0 Å². The molecule has 0 aliphatic heterocycles. The summed E-state index contributed by atoms with van der Waals surface area (Å²) < 4.78 is 16.9. The van der Waals surface area contributed by atoms with Crippen LogP contribution in [0.1, 0.15) is 35.6 Å². The van der Waals surface area contributed by atoms with Crippen LogP contribution in [-0.4, -0.2) is 14.7 Å². The Labute approximate surface area is 120 Å². The van der Waals surface area contributed by atoms with Crippen molar-refractivity contribution >= 4 is 23.1 Å². The average molecular weight is 301 g/mol. The van der Waals surface area contributed by atoms with Crippen molar-refractivity contribution in [3.63, 3.8) is 0 Å². The molecule has 0 saturated heterocycles. The molecule has 19 heavy (non-hydrogen) atoms. The largest absolute Gasteiger partial charge is 0.387 e. The van der Waals surface area contributed by atoms with Crippen LogP contribution < -0.4 is 0 Å². The van der Waals surface area contributed by atoms with Crippen LogP contribution in [0.2, 0.25) is 5.02 Å². The molecule has 0 fully saturated rings. The summed E-state index contributed by atoms with van der Waals surface area (Å²) in [5.74, 6) is -0.453. The van der Waals surface area contributed by atoms with Crippen molar-refractivity contribution in [2.24, 2.45) is 0 Å². The number of hydrogen-bond donors (Lipinski definition) is 1. The van der Waals surface area contributed by atoms with E-state index in [1.54, 1.807) is 6.07 Å². The van der Waals surface area contributed by atoms with Crippen molar-refractivity contribution in [1.29, 1.82) is 0 Å². The van der Waals surface area contributed by atoms with Crippen LogP contribution in [0.5, 0.6) is 0 Å². The fourth-order valence-electron chi connectivity index (χ4n) is 1.86. The maximum absolute atomic E-state index is 13.1. The lowest BCUT2D eigenvalue weighted by Gasteiger charge is -2.10. The molecule has 1 aromatic carbocycles. The van der Waals surface area contributed by atoms with Gasteiger partial charge in [0, 0.05) is 6.42 Å². The van der Waals surface area contributed by atoms with Crippen LogP contribution in [-0.2, 0) is 12.8 Å². The lowest BCUT2D eigenvalue weighted by Crippen LogP contribution is -2.03. The fourth-order valence-corrected chi connectivity index (χ4v) is 2.75. The van der Waals surface area contributed by atoms with Crippen LogP contribution in [0.3, 0.4) is 0 Å². The minimum absolute atomic E-state index is 0.0703. The Morgan fingerprint density at radius 3 is 2.95 bits per heavy atom. The van der Waals surface area contributed by atoms with Gasteiger partial charge in [-0.25, -0.2) is 4.39 Å². The lowest BCUT2D eigenvalue weighted by molar-refractivity contribution is 0.181. The molecule has 6 heteroatoms. The highest BCUT2D eigenvalue weighted by atomic mass is 35.5. The third kappa shape index (κ3) is 3.49. The molecule has 0 aliphatic carbocycles. The number of nitrogens with zero attached hydrogens (tertiary/aromatic N) is 2. The fraction of sp³-hybridized carbons (Fsp3) is 0.385. The predicted molar refractivity (Wildman–Crippen MR) is 74.0 cm³/mol. The Bertz CT molecular complexity index is 561. The van der Waals surface area contributed by atoms with Gasteiger partial charge in [0.15, 0.2) is 0 Å². The molecule has 0 bridgehead atoms. The summed E-state index contributed by atoms with van der Waals surface area (Å²) in [4.78, 5) is 0.780. The highest BCUT2D eigenvalue weighted by Crippen LogP contribution is 2.26. The summed E-state index contributed by atoms with van der Waals surface area (Å²) >= 11 is 6.93. The third-order valence-electron chi connectivity index (χ3n) is 2.79. The first kappa shape index (κ1) is 14.4. The molecule has 1 aromatic heterocycles. The highest BCUT2D eigenvalue weighted by Gasteiger charge is 2.17. The zero-order valence-corrected chi connectivity index (χ0v) is 12.0. The van der Waals surface area contributed by atoms with Gasteiger partial charge in [-0.3, -0.25) is 0 Å². The van der Waals surface area contributed by atoms with Crippen LogP contribution in [0, 0.1) is 5.82 Å². The standard InChI is InChI=1S/C13H14ClFN2OS/c1-2-3-11-13(19-17-16-11)12(18)7-8-4-5-10(15)9(14)6-8/h4-6,12,18H,2-3,7H2,1H3. The predicted octanol–water partition coefficient (Wildman–Crippen LogP) is 3.56. The Balaban J connectivity index is 2.13. The Morgan fingerprint density at radius 2 is 2.26 bits per heavy atom. The van der Waals surface area contributed by atoms with E-state index in [9.17, 15) is 9.50 Å². The monoisotopic (exact) mass is 300 g/mol. The number of rotatable bonds is 5. The second kappa shape index (κ2) is 6.41. The van der Waals surface area contributed by atoms with E-state index >= 15 is 0 Å². The number of aliphatic hydroxyl groups is 1. The van der Waals surface area contributed by atoms with Crippen molar-refractivity contribution in [2.75, 3.05) is 0 Å². The summed E-state index contributed by atoms with van der Waals surface area (Å²) in [6, 6.07) is 4.47. The Hall–Kier alpha value is -1.04. The van der Waals surface area contributed by atoms with Gasteiger partial charge in [-0.15, -0.1) is 5.10 Å². The number of aromatic nitrogens is 2. The molecule has 2 rings (SSSR count). The van der Waals surface area contributed by atoms with Gasteiger partial charge in [0.1, 0.15) is 5.82 Å². The Morgan fingerprint density at radius 1 is 1.47 bits per heavy atom. The summed E-state index contributed by atoms with van der Waals surface area (Å²) in [5, 5.41) is 14.3. The zero-order valence-electron chi connectivity index (χ0n) is 10.4. The maximum atomic E-state index is 13.1. The zero-order chi connectivity index (χ0) is 13.8. The number of hydrogen-bond acceptors (Lipinski definition) is 4. The molecule has 3 nitrogen and oxygen atoms in total. The highest BCUT2D eigenvalue weighted by molar-refractivity contribution is 7.05. The van der Waals surface area contributed by atoms with Gasteiger partial charge >= 0.3 is 0 Å². The molecule has 0 radical (unpaired) electrons. The molecule has 1 atom stereocenters. The minimum atomic E-state index is -0.678. The van der Waals surface area contributed by atoms with Gasteiger partial charge < -0.3 is 5.11 Å². The molecule has 2 aromatic rings. The van der Waals surface area contributed by atoms with E-state index in [1.165, 1.54) is 23.7 Å². The maximum Gasteiger partial charge on any atom is 0.141 e. The first-order valence-corrected chi connectivity index (χ1v) is 7.20. The van der Waals surface area contributed by atoms with Gasteiger partial charge in [-0.1, -0.05) is 35.5 Å². The van der Waals surface area contributed by atoms with Crippen molar-refractivity contribution in [3.8, 4) is 0 Å². The van der Waals surface area contributed by atoms with E-state index in [0.717, 1.165) is 29.0 Å². The molecule has 0 amide bonds. The van der Waals surface area contributed by atoms with E-state index in [-0.39, 0.29) is 5.02 Å².